The summed E-state index contributed by atoms with van der Waals surface area (Å²) in [4.78, 5) is 34.2. The number of fused-ring (bicyclic) bond motifs is 6. The third-order valence-corrected chi connectivity index (χ3v) is 6.53. The molecule has 3 amide bonds. The van der Waals surface area contributed by atoms with Gasteiger partial charge in [-0.25, -0.2) is 14.6 Å². The van der Waals surface area contributed by atoms with Gasteiger partial charge in [0.15, 0.2) is 5.82 Å². The van der Waals surface area contributed by atoms with Crippen LogP contribution in [0.2, 0.25) is 5.02 Å². The number of aryl methyl sites for hydroxylation is 2. The van der Waals surface area contributed by atoms with E-state index in [1.54, 1.807) is 6.20 Å². The van der Waals surface area contributed by atoms with Crippen LogP contribution in [0.25, 0.3) is 0 Å². The second-order valence-corrected chi connectivity index (χ2v) is 9.29. The third kappa shape index (κ3) is 5.60. The summed E-state index contributed by atoms with van der Waals surface area (Å²) >= 11 is 6.33. The Morgan fingerprint density at radius 3 is 2.83 bits per heavy atom. The molecule has 3 aromatic rings. The molecule has 1 unspecified atom stereocenters. The lowest BCUT2D eigenvalue weighted by molar-refractivity contribution is 0.127. The van der Waals surface area contributed by atoms with Crippen LogP contribution in [0.15, 0.2) is 48.7 Å². The fourth-order valence-electron chi connectivity index (χ4n) is 4.48. The fourth-order valence-corrected chi connectivity index (χ4v) is 4.62. The Labute approximate surface area is 213 Å². The molecule has 0 aliphatic carbocycles. The van der Waals surface area contributed by atoms with Crippen molar-refractivity contribution in [1.29, 1.82) is 0 Å². The molecule has 36 heavy (non-hydrogen) atoms. The predicted molar refractivity (Wildman–Crippen MR) is 139 cm³/mol. The standard InChI is InChI=1S/C25H26ClN7O3/c26-20-13-27-23-29-17-4-1-3-15(11-17)6-7-16-12-18(28-22(20)32-23)8-9-21(16)31-24(34)30-19-5-2-10-33(14-19)25(35)36/h1,3-4,8-9,11-13,19H,2,5-7,10,14H2,(H,35,36)(H2,30,31,34)(H2,27,28,29,32). The molecule has 0 spiro atoms. The lowest BCUT2D eigenvalue weighted by atomic mass is 10.0. The molecule has 6 bridgehead atoms. The van der Waals surface area contributed by atoms with Crippen molar-refractivity contribution >= 4 is 52.6 Å². The number of hydrogen-bond donors (Lipinski definition) is 5. The van der Waals surface area contributed by atoms with Crippen molar-refractivity contribution < 1.29 is 14.7 Å². The number of nitrogens with one attached hydrogen (secondary N) is 4. The molecule has 0 saturated carbocycles. The highest BCUT2D eigenvalue weighted by atomic mass is 35.5. The zero-order valence-corrected chi connectivity index (χ0v) is 20.2. The van der Waals surface area contributed by atoms with Gasteiger partial charge in [0, 0.05) is 36.2 Å². The van der Waals surface area contributed by atoms with Crippen molar-refractivity contribution in [3.8, 4) is 0 Å². The van der Waals surface area contributed by atoms with Gasteiger partial charge >= 0.3 is 12.1 Å². The fraction of sp³-hybridized carbons (Fsp3) is 0.280. The van der Waals surface area contributed by atoms with Gasteiger partial charge in [0.2, 0.25) is 5.95 Å². The zero-order valence-electron chi connectivity index (χ0n) is 19.4. The molecule has 1 atom stereocenters. The number of benzene rings is 2. The molecule has 11 heteroatoms. The van der Waals surface area contributed by atoms with Crippen molar-refractivity contribution in [2.45, 2.75) is 31.7 Å². The number of rotatable bonds is 2. The second-order valence-electron chi connectivity index (χ2n) is 8.88. The van der Waals surface area contributed by atoms with Gasteiger partial charge in [0.05, 0.1) is 6.20 Å². The Hall–Kier alpha value is -4.05. The molecule has 186 valence electrons. The lowest BCUT2D eigenvalue weighted by Gasteiger charge is -2.31. The number of nitrogens with zero attached hydrogens (tertiary/aromatic N) is 3. The summed E-state index contributed by atoms with van der Waals surface area (Å²) in [7, 11) is 0. The summed E-state index contributed by atoms with van der Waals surface area (Å²) in [5.41, 5.74) is 4.39. The number of carboxylic acid groups (broad SMARTS) is 1. The Morgan fingerprint density at radius 2 is 1.97 bits per heavy atom. The van der Waals surface area contributed by atoms with E-state index in [2.05, 4.69) is 37.3 Å². The van der Waals surface area contributed by atoms with Crippen molar-refractivity contribution in [2.24, 2.45) is 0 Å². The maximum absolute atomic E-state index is 12.8. The minimum absolute atomic E-state index is 0.231. The third-order valence-electron chi connectivity index (χ3n) is 6.25. The molecule has 1 fully saturated rings. The molecule has 0 radical (unpaired) electrons. The first kappa shape index (κ1) is 23.7. The summed E-state index contributed by atoms with van der Waals surface area (Å²) in [6.45, 7) is 0.771. The Morgan fingerprint density at radius 1 is 1.11 bits per heavy atom. The van der Waals surface area contributed by atoms with Crippen LogP contribution in [0.1, 0.15) is 24.0 Å². The van der Waals surface area contributed by atoms with E-state index in [0.29, 0.717) is 41.9 Å². The van der Waals surface area contributed by atoms with Gasteiger partial charge in [0.25, 0.3) is 0 Å². The van der Waals surface area contributed by atoms with Gasteiger partial charge in [-0.2, -0.15) is 4.98 Å². The van der Waals surface area contributed by atoms with E-state index in [9.17, 15) is 14.7 Å². The summed E-state index contributed by atoms with van der Waals surface area (Å²) < 4.78 is 0. The van der Waals surface area contributed by atoms with Crippen LogP contribution < -0.4 is 21.3 Å². The first-order chi connectivity index (χ1) is 17.4. The maximum atomic E-state index is 12.8. The van der Waals surface area contributed by atoms with E-state index in [-0.39, 0.29) is 18.6 Å². The summed E-state index contributed by atoms with van der Waals surface area (Å²) in [5.74, 6) is 0.895. The highest BCUT2D eigenvalue weighted by Gasteiger charge is 2.24. The molecule has 3 heterocycles. The number of hydrogen-bond acceptors (Lipinski definition) is 6. The van der Waals surface area contributed by atoms with Gasteiger partial charge in [0.1, 0.15) is 5.02 Å². The number of carbonyl (C=O) groups excluding carboxylic acids is 1. The maximum Gasteiger partial charge on any atom is 0.407 e. The van der Waals surface area contributed by atoms with Gasteiger partial charge in [-0.15, -0.1) is 0 Å². The van der Waals surface area contributed by atoms with Crippen molar-refractivity contribution in [3.05, 3.63) is 64.8 Å². The number of halogens is 1. The number of aromatic nitrogens is 2. The zero-order chi connectivity index (χ0) is 25.1. The average Bonchev–Trinajstić information content (AvgIpc) is 2.86. The number of urea groups is 1. The molecule has 2 aromatic carbocycles. The predicted octanol–water partition coefficient (Wildman–Crippen LogP) is 4.98. The molecular weight excluding hydrogens is 482 g/mol. The minimum atomic E-state index is -0.966. The van der Waals surface area contributed by atoms with E-state index in [1.807, 2.05) is 36.4 Å². The summed E-state index contributed by atoms with van der Waals surface area (Å²) in [5, 5.41) is 22.0. The van der Waals surface area contributed by atoms with Crippen LogP contribution in [0.3, 0.4) is 0 Å². The SMILES string of the molecule is O=C(Nc1ccc2cc1CCc1cccc(c1)Nc1ncc(Cl)c(n1)N2)NC1CCCN(C(=O)O)C1. The number of piperidine rings is 1. The van der Waals surface area contributed by atoms with Crippen LogP contribution >= 0.6 is 11.6 Å². The van der Waals surface area contributed by atoms with E-state index < -0.39 is 6.09 Å². The van der Waals surface area contributed by atoms with Crippen molar-refractivity contribution in [2.75, 3.05) is 29.0 Å². The van der Waals surface area contributed by atoms with Gasteiger partial charge in [-0.05, 0) is 67.1 Å². The highest BCUT2D eigenvalue weighted by molar-refractivity contribution is 6.32. The van der Waals surface area contributed by atoms with Crippen LogP contribution in [0, 0.1) is 0 Å². The lowest BCUT2D eigenvalue weighted by Crippen LogP contribution is -2.50. The summed E-state index contributed by atoms with van der Waals surface area (Å²) in [6, 6.07) is 13.1. The van der Waals surface area contributed by atoms with Crippen molar-refractivity contribution in [3.63, 3.8) is 0 Å². The normalized spacial score (nSPS) is 16.8. The monoisotopic (exact) mass is 507 g/mol. The largest absolute Gasteiger partial charge is 0.465 e. The quantitative estimate of drug-likeness (QED) is 0.330. The van der Waals surface area contributed by atoms with Crippen LogP contribution in [0.4, 0.5) is 38.4 Å². The van der Waals surface area contributed by atoms with Crippen molar-refractivity contribution in [1.82, 2.24) is 20.2 Å². The molecule has 1 saturated heterocycles. The van der Waals surface area contributed by atoms with Gasteiger partial charge < -0.3 is 31.3 Å². The van der Waals surface area contributed by atoms with Gasteiger partial charge in [-0.1, -0.05) is 23.7 Å². The van der Waals surface area contributed by atoms with Crippen LogP contribution in [-0.4, -0.2) is 51.2 Å². The van der Waals surface area contributed by atoms with Gasteiger partial charge in [-0.3, -0.25) is 0 Å². The molecule has 5 N–H and O–H groups in total. The molecule has 5 rings (SSSR count). The average molecular weight is 508 g/mol. The Balaban J connectivity index is 1.39. The molecule has 1 aromatic heterocycles. The minimum Gasteiger partial charge on any atom is -0.465 e. The number of anilines is 5. The molecular formula is C25H26ClN7O3. The number of likely N-dealkylation sites (tertiary alicyclic amines) is 1. The first-order valence-electron chi connectivity index (χ1n) is 11.8. The Bertz CT molecular complexity index is 1300. The van der Waals surface area contributed by atoms with E-state index in [0.717, 1.165) is 35.3 Å². The van der Waals surface area contributed by atoms with E-state index in [1.165, 1.54) is 4.90 Å². The van der Waals surface area contributed by atoms with E-state index >= 15 is 0 Å². The number of amides is 3. The van der Waals surface area contributed by atoms with Crippen LogP contribution in [-0.2, 0) is 12.8 Å². The first-order valence-corrected chi connectivity index (χ1v) is 12.1. The smallest absolute Gasteiger partial charge is 0.407 e. The topological polar surface area (TPSA) is 132 Å². The van der Waals surface area contributed by atoms with Crippen LogP contribution in [0.5, 0.6) is 0 Å². The molecule has 2 aliphatic heterocycles. The molecule has 2 aliphatic rings. The number of carbonyl (C=O) groups is 2. The highest BCUT2D eigenvalue weighted by Crippen LogP contribution is 2.29. The second kappa shape index (κ2) is 10.3. The Kier molecular flexibility index (Phi) is 6.77. The van der Waals surface area contributed by atoms with E-state index in [4.69, 9.17) is 11.6 Å². The summed E-state index contributed by atoms with van der Waals surface area (Å²) in [6.07, 6.45) is 3.46. The molecule has 10 nitrogen and oxygen atoms in total.